The van der Waals surface area contributed by atoms with Gasteiger partial charge in [0, 0.05) is 12.0 Å². The Morgan fingerprint density at radius 2 is 1.94 bits per heavy atom. The van der Waals surface area contributed by atoms with E-state index in [1.54, 1.807) is 0 Å². The van der Waals surface area contributed by atoms with Gasteiger partial charge in [0.2, 0.25) is 0 Å². The van der Waals surface area contributed by atoms with Crippen LogP contribution in [0.2, 0.25) is 0 Å². The van der Waals surface area contributed by atoms with E-state index in [1.165, 1.54) is 17.5 Å². The number of rotatable bonds is 7. The monoisotopic (exact) mass is 249 g/mol. The quantitative estimate of drug-likeness (QED) is 0.744. The molecule has 0 unspecified atom stereocenters. The Balaban J connectivity index is 2.50. The fourth-order valence-electron chi connectivity index (χ4n) is 1.79. The van der Waals surface area contributed by atoms with Gasteiger partial charge in [0.25, 0.3) is 0 Å². The second kappa shape index (κ2) is 6.79. The molecule has 0 atom stereocenters. The van der Waals surface area contributed by atoms with E-state index >= 15 is 0 Å². The van der Waals surface area contributed by atoms with E-state index in [0.29, 0.717) is 0 Å². The Bertz CT molecular complexity index is 371. The average molecular weight is 249 g/mol. The molecule has 0 amide bonds. The van der Waals surface area contributed by atoms with Crippen molar-refractivity contribution in [3.63, 3.8) is 0 Å². The summed E-state index contributed by atoms with van der Waals surface area (Å²) in [6.07, 6.45) is 1.17. The highest BCUT2D eigenvalue weighted by atomic mass is 16.5. The minimum Gasteiger partial charge on any atom is -0.493 e. The van der Waals surface area contributed by atoms with Crippen molar-refractivity contribution in [3.05, 3.63) is 29.3 Å². The summed E-state index contributed by atoms with van der Waals surface area (Å²) in [5.74, 6) is 1.01. The Kier molecular flexibility index (Phi) is 5.67. The van der Waals surface area contributed by atoms with Gasteiger partial charge in [-0.05, 0) is 44.0 Å². The molecule has 0 heterocycles. The molecule has 0 spiro atoms. The maximum atomic E-state index is 5.97. The van der Waals surface area contributed by atoms with Crippen LogP contribution in [-0.2, 0) is 0 Å². The lowest BCUT2D eigenvalue weighted by atomic mass is 9.95. The first-order valence-corrected chi connectivity index (χ1v) is 6.85. The topological polar surface area (TPSA) is 21.3 Å². The van der Waals surface area contributed by atoms with Crippen LogP contribution in [0.25, 0.3) is 0 Å². The first-order chi connectivity index (χ1) is 8.44. The Morgan fingerprint density at radius 3 is 2.61 bits per heavy atom. The van der Waals surface area contributed by atoms with Crippen LogP contribution >= 0.6 is 0 Å². The molecular weight excluding hydrogens is 222 g/mol. The molecule has 1 aromatic rings. The maximum Gasteiger partial charge on any atom is 0.122 e. The lowest BCUT2D eigenvalue weighted by Gasteiger charge is -2.25. The fourth-order valence-corrected chi connectivity index (χ4v) is 1.79. The summed E-state index contributed by atoms with van der Waals surface area (Å²) in [7, 11) is 0. The molecule has 18 heavy (non-hydrogen) atoms. The van der Waals surface area contributed by atoms with Crippen LogP contribution < -0.4 is 10.1 Å². The van der Waals surface area contributed by atoms with Crippen molar-refractivity contribution >= 4 is 0 Å². The molecule has 0 aliphatic rings. The third-order valence-corrected chi connectivity index (χ3v) is 2.99. The molecule has 1 rings (SSSR count). The second-order valence-electron chi connectivity index (χ2n) is 5.90. The molecule has 0 aliphatic carbocycles. The van der Waals surface area contributed by atoms with Gasteiger partial charge < -0.3 is 10.1 Å². The molecule has 102 valence electrons. The molecule has 0 saturated heterocycles. The minimum absolute atomic E-state index is 0.158. The number of ether oxygens (including phenoxy) is 1. The number of hydrogen-bond donors (Lipinski definition) is 1. The summed E-state index contributed by atoms with van der Waals surface area (Å²) < 4.78 is 5.97. The normalized spacial score (nSPS) is 11.6. The molecule has 0 fully saturated rings. The molecule has 0 bridgehead atoms. The van der Waals surface area contributed by atoms with E-state index < -0.39 is 0 Å². The zero-order chi connectivity index (χ0) is 13.6. The van der Waals surface area contributed by atoms with Crippen LogP contribution in [-0.4, -0.2) is 19.7 Å². The van der Waals surface area contributed by atoms with Crippen molar-refractivity contribution in [1.82, 2.24) is 5.32 Å². The molecule has 1 aromatic carbocycles. The van der Waals surface area contributed by atoms with Gasteiger partial charge in [0.15, 0.2) is 0 Å². The van der Waals surface area contributed by atoms with Crippen molar-refractivity contribution in [1.29, 1.82) is 0 Å². The fraction of sp³-hybridized carbons (Fsp3) is 0.625. The molecule has 2 heteroatoms. The minimum atomic E-state index is 0.158. The molecule has 1 N–H and O–H groups in total. The number of hydrogen-bond acceptors (Lipinski definition) is 2. The summed E-state index contributed by atoms with van der Waals surface area (Å²) in [6.45, 7) is 13.7. The molecule has 0 saturated carbocycles. The van der Waals surface area contributed by atoms with Crippen molar-refractivity contribution in [2.24, 2.45) is 5.41 Å². The summed E-state index contributed by atoms with van der Waals surface area (Å²) >= 11 is 0. The molecule has 2 nitrogen and oxygen atoms in total. The standard InChI is InChI=1S/C16H27NO/c1-6-9-17-11-16(4,5)12-18-15-10-13(2)7-8-14(15)3/h7-8,10,17H,6,9,11-12H2,1-5H3. The smallest absolute Gasteiger partial charge is 0.122 e. The third kappa shape index (κ3) is 5.09. The second-order valence-corrected chi connectivity index (χ2v) is 5.90. The first kappa shape index (κ1) is 15.0. The predicted molar refractivity (Wildman–Crippen MR) is 78.4 cm³/mol. The van der Waals surface area contributed by atoms with Gasteiger partial charge >= 0.3 is 0 Å². The van der Waals surface area contributed by atoms with E-state index in [0.717, 1.165) is 25.4 Å². The van der Waals surface area contributed by atoms with E-state index in [4.69, 9.17) is 4.74 Å². The lowest BCUT2D eigenvalue weighted by Crippen LogP contribution is -2.34. The van der Waals surface area contributed by atoms with Crippen molar-refractivity contribution in [2.75, 3.05) is 19.7 Å². The van der Waals surface area contributed by atoms with Crippen molar-refractivity contribution in [2.45, 2.75) is 41.0 Å². The molecule has 0 aromatic heterocycles. The zero-order valence-electron chi connectivity index (χ0n) is 12.5. The summed E-state index contributed by atoms with van der Waals surface area (Å²) in [5.41, 5.74) is 2.61. The Morgan fingerprint density at radius 1 is 1.22 bits per heavy atom. The van der Waals surface area contributed by atoms with Gasteiger partial charge in [-0.15, -0.1) is 0 Å². The predicted octanol–water partition coefficient (Wildman–Crippen LogP) is 3.71. The third-order valence-electron chi connectivity index (χ3n) is 2.99. The van der Waals surface area contributed by atoms with Crippen LogP contribution in [0.1, 0.15) is 38.3 Å². The highest BCUT2D eigenvalue weighted by molar-refractivity contribution is 5.35. The van der Waals surface area contributed by atoms with E-state index in [-0.39, 0.29) is 5.41 Å². The van der Waals surface area contributed by atoms with Crippen LogP contribution in [0.5, 0.6) is 5.75 Å². The van der Waals surface area contributed by atoms with E-state index in [1.807, 2.05) is 0 Å². The van der Waals surface area contributed by atoms with Gasteiger partial charge in [0.05, 0.1) is 6.61 Å². The van der Waals surface area contributed by atoms with Gasteiger partial charge in [-0.1, -0.05) is 32.9 Å². The molecule has 0 radical (unpaired) electrons. The van der Waals surface area contributed by atoms with E-state index in [2.05, 4.69) is 58.1 Å². The Hall–Kier alpha value is -1.02. The number of nitrogens with one attached hydrogen (secondary N) is 1. The SMILES string of the molecule is CCCNCC(C)(C)COc1cc(C)ccc1C. The Labute approximate surface area is 112 Å². The average Bonchev–Trinajstić information content (AvgIpc) is 2.31. The highest BCUT2D eigenvalue weighted by Gasteiger charge is 2.18. The van der Waals surface area contributed by atoms with Crippen LogP contribution in [0.15, 0.2) is 18.2 Å². The van der Waals surface area contributed by atoms with Gasteiger partial charge in [0.1, 0.15) is 5.75 Å². The van der Waals surface area contributed by atoms with Crippen molar-refractivity contribution in [3.8, 4) is 5.75 Å². The van der Waals surface area contributed by atoms with Gasteiger partial charge in [-0.3, -0.25) is 0 Å². The highest BCUT2D eigenvalue weighted by Crippen LogP contribution is 2.22. The van der Waals surface area contributed by atoms with Gasteiger partial charge in [-0.2, -0.15) is 0 Å². The molecule has 0 aliphatic heterocycles. The van der Waals surface area contributed by atoms with Crippen molar-refractivity contribution < 1.29 is 4.74 Å². The van der Waals surface area contributed by atoms with E-state index in [9.17, 15) is 0 Å². The lowest BCUT2D eigenvalue weighted by molar-refractivity contribution is 0.175. The number of aryl methyl sites for hydroxylation is 2. The van der Waals surface area contributed by atoms with Crippen LogP contribution in [0, 0.1) is 19.3 Å². The number of benzene rings is 1. The van der Waals surface area contributed by atoms with Crippen LogP contribution in [0.3, 0.4) is 0 Å². The largest absolute Gasteiger partial charge is 0.493 e. The van der Waals surface area contributed by atoms with Crippen LogP contribution in [0.4, 0.5) is 0 Å². The van der Waals surface area contributed by atoms with Gasteiger partial charge in [-0.25, -0.2) is 0 Å². The molecular formula is C16H27NO. The summed E-state index contributed by atoms with van der Waals surface area (Å²) in [5, 5.41) is 3.46. The zero-order valence-corrected chi connectivity index (χ0v) is 12.5. The maximum absolute atomic E-state index is 5.97. The summed E-state index contributed by atoms with van der Waals surface area (Å²) in [4.78, 5) is 0. The summed E-state index contributed by atoms with van der Waals surface area (Å²) in [6, 6.07) is 6.36. The first-order valence-electron chi connectivity index (χ1n) is 6.85.